The van der Waals surface area contributed by atoms with Gasteiger partial charge >= 0.3 is 0 Å². The van der Waals surface area contributed by atoms with E-state index in [1.165, 1.54) is 24.3 Å². The molecular formula is C27H32F2N2O3. The fraction of sp³-hybridized carbons (Fsp3) is 0.333. The summed E-state index contributed by atoms with van der Waals surface area (Å²) in [5, 5.41) is 0. The van der Waals surface area contributed by atoms with E-state index in [4.69, 9.17) is 9.47 Å². The molecule has 0 saturated carbocycles. The van der Waals surface area contributed by atoms with Crippen LogP contribution in [-0.2, 0) is 6.54 Å². The Morgan fingerprint density at radius 1 is 0.735 bits per heavy atom. The van der Waals surface area contributed by atoms with Crippen LogP contribution in [0.1, 0.15) is 28.3 Å². The first-order valence-electron chi connectivity index (χ1n) is 11.2. The molecule has 7 heteroatoms. The summed E-state index contributed by atoms with van der Waals surface area (Å²) in [4.78, 5) is 4.78. The molecule has 182 valence electrons. The molecule has 0 unspecified atom stereocenters. The lowest BCUT2D eigenvalue weighted by Gasteiger charge is -2.40. The number of hydrogen-bond donors (Lipinski definition) is 0. The van der Waals surface area contributed by atoms with Crippen molar-refractivity contribution in [1.29, 1.82) is 0 Å². The van der Waals surface area contributed by atoms with E-state index >= 15 is 0 Å². The second-order valence-corrected chi connectivity index (χ2v) is 8.43. The molecule has 2 N–H and O–H groups in total. The quantitative estimate of drug-likeness (QED) is 0.515. The fourth-order valence-electron chi connectivity index (χ4n) is 4.63. The summed E-state index contributed by atoms with van der Waals surface area (Å²) in [7, 11) is 3.34. The molecule has 1 aliphatic rings. The van der Waals surface area contributed by atoms with Crippen molar-refractivity contribution in [3.05, 3.63) is 94.6 Å². The Hall–Kier alpha value is -3.00. The number of aryl methyl sites for hydroxylation is 1. The highest BCUT2D eigenvalue weighted by Crippen LogP contribution is 2.36. The highest BCUT2D eigenvalue weighted by Gasteiger charge is 2.27. The monoisotopic (exact) mass is 470 g/mol. The van der Waals surface area contributed by atoms with Gasteiger partial charge in [-0.2, -0.15) is 0 Å². The van der Waals surface area contributed by atoms with Crippen LogP contribution in [0.25, 0.3) is 0 Å². The van der Waals surface area contributed by atoms with Crippen LogP contribution in [0.15, 0.2) is 60.7 Å². The van der Waals surface area contributed by atoms with Gasteiger partial charge < -0.3 is 14.9 Å². The van der Waals surface area contributed by atoms with Crippen LogP contribution >= 0.6 is 0 Å². The number of rotatable bonds is 7. The molecule has 0 aliphatic carbocycles. The van der Waals surface area contributed by atoms with E-state index in [9.17, 15) is 8.78 Å². The molecule has 4 rings (SSSR count). The van der Waals surface area contributed by atoms with Crippen molar-refractivity contribution in [3.63, 3.8) is 0 Å². The molecule has 0 atom stereocenters. The van der Waals surface area contributed by atoms with Crippen LogP contribution in [0, 0.1) is 18.6 Å². The minimum atomic E-state index is -0.260. The Kier molecular flexibility index (Phi) is 8.61. The third-order valence-corrected chi connectivity index (χ3v) is 6.34. The number of hydrogen-bond acceptors (Lipinski definition) is 4. The van der Waals surface area contributed by atoms with Gasteiger partial charge in [-0.3, -0.25) is 9.80 Å². The van der Waals surface area contributed by atoms with Crippen molar-refractivity contribution in [2.75, 3.05) is 40.4 Å². The van der Waals surface area contributed by atoms with Crippen LogP contribution in [-0.4, -0.2) is 55.7 Å². The van der Waals surface area contributed by atoms with Gasteiger partial charge in [0.05, 0.1) is 20.3 Å². The molecule has 1 heterocycles. The molecule has 3 aromatic carbocycles. The summed E-state index contributed by atoms with van der Waals surface area (Å²) in [5.41, 5.74) is 4.15. The summed E-state index contributed by atoms with van der Waals surface area (Å²) >= 11 is 0. The summed E-state index contributed by atoms with van der Waals surface area (Å²) in [6.45, 7) is 6.20. The van der Waals surface area contributed by atoms with E-state index in [-0.39, 0.29) is 23.2 Å². The zero-order chi connectivity index (χ0) is 23.4. The van der Waals surface area contributed by atoms with Crippen molar-refractivity contribution in [1.82, 2.24) is 9.80 Å². The van der Waals surface area contributed by atoms with Gasteiger partial charge in [-0.25, -0.2) is 8.78 Å². The number of ether oxygens (including phenoxy) is 2. The van der Waals surface area contributed by atoms with E-state index in [2.05, 4.69) is 21.9 Å². The largest absolute Gasteiger partial charge is 0.493 e. The van der Waals surface area contributed by atoms with E-state index < -0.39 is 0 Å². The van der Waals surface area contributed by atoms with Crippen molar-refractivity contribution in [2.24, 2.45) is 0 Å². The van der Waals surface area contributed by atoms with Crippen LogP contribution in [0.3, 0.4) is 0 Å². The Morgan fingerprint density at radius 3 is 1.71 bits per heavy atom. The lowest BCUT2D eigenvalue weighted by atomic mass is 9.96. The van der Waals surface area contributed by atoms with Gasteiger partial charge in [-0.1, -0.05) is 36.4 Å². The highest BCUT2D eigenvalue weighted by molar-refractivity contribution is 5.51. The predicted octanol–water partition coefficient (Wildman–Crippen LogP) is 4.37. The highest BCUT2D eigenvalue weighted by atomic mass is 19.1. The van der Waals surface area contributed by atoms with Crippen LogP contribution in [0.4, 0.5) is 8.78 Å². The van der Waals surface area contributed by atoms with Crippen LogP contribution < -0.4 is 9.47 Å². The van der Waals surface area contributed by atoms with Gasteiger partial charge in [0.1, 0.15) is 11.6 Å². The second kappa shape index (κ2) is 11.4. The summed E-state index contributed by atoms with van der Waals surface area (Å²) in [6.07, 6.45) is 0. The van der Waals surface area contributed by atoms with Crippen molar-refractivity contribution in [2.45, 2.75) is 19.5 Å². The Labute approximate surface area is 199 Å². The number of halogens is 2. The van der Waals surface area contributed by atoms with Crippen molar-refractivity contribution >= 4 is 0 Å². The van der Waals surface area contributed by atoms with Crippen molar-refractivity contribution < 1.29 is 23.7 Å². The maximum atomic E-state index is 13.6. The van der Waals surface area contributed by atoms with Gasteiger partial charge in [0, 0.05) is 38.3 Å². The first-order chi connectivity index (χ1) is 16.0. The van der Waals surface area contributed by atoms with Gasteiger partial charge in [-0.15, -0.1) is 0 Å². The van der Waals surface area contributed by atoms with E-state index in [1.807, 2.05) is 31.2 Å². The number of benzene rings is 3. The van der Waals surface area contributed by atoms with Gasteiger partial charge in [0.25, 0.3) is 0 Å². The van der Waals surface area contributed by atoms with Gasteiger partial charge in [0.15, 0.2) is 11.5 Å². The Bertz CT molecular complexity index is 1020. The molecule has 0 amide bonds. The van der Waals surface area contributed by atoms with Gasteiger partial charge in [-0.05, 0) is 47.9 Å². The molecule has 1 aliphatic heterocycles. The first-order valence-corrected chi connectivity index (χ1v) is 11.2. The van der Waals surface area contributed by atoms with E-state index in [0.717, 1.165) is 66.5 Å². The zero-order valence-electron chi connectivity index (χ0n) is 19.9. The molecule has 0 radical (unpaired) electrons. The lowest BCUT2D eigenvalue weighted by Crippen LogP contribution is -2.47. The topological polar surface area (TPSA) is 56.4 Å². The average Bonchev–Trinajstić information content (AvgIpc) is 2.83. The van der Waals surface area contributed by atoms with Crippen molar-refractivity contribution in [3.8, 4) is 11.5 Å². The zero-order valence-corrected chi connectivity index (χ0v) is 19.9. The van der Waals surface area contributed by atoms with Gasteiger partial charge in [0.2, 0.25) is 0 Å². The standard InChI is InChI=1S/C27H30F2N2O2.H2O/c1-19-4-5-22(27(33-3)26(19)32-2)18-30-14-16-31(17-15-30)25(20-6-10-23(28)11-7-20)21-8-12-24(29)13-9-21;/h4-13,25H,14-18H2,1-3H3;1H2. The molecular weight excluding hydrogens is 438 g/mol. The average molecular weight is 471 g/mol. The molecule has 5 nitrogen and oxygen atoms in total. The third kappa shape index (κ3) is 5.55. The Balaban J connectivity index is 0.00000324. The summed E-state index contributed by atoms with van der Waals surface area (Å²) in [5.74, 6) is 1.05. The maximum absolute atomic E-state index is 13.6. The molecule has 0 bridgehead atoms. The summed E-state index contributed by atoms with van der Waals surface area (Å²) in [6, 6.07) is 17.3. The summed E-state index contributed by atoms with van der Waals surface area (Å²) < 4.78 is 38.3. The fourth-order valence-corrected chi connectivity index (χ4v) is 4.63. The number of nitrogens with zero attached hydrogens (tertiary/aromatic N) is 2. The maximum Gasteiger partial charge on any atom is 0.165 e. The molecule has 3 aromatic rings. The Morgan fingerprint density at radius 2 is 1.24 bits per heavy atom. The minimum absolute atomic E-state index is 0. The second-order valence-electron chi connectivity index (χ2n) is 8.43. The molecule has 34 heavy (non-hydrogen) atoms. The van der Waals surface area contributed by atoms with Crippen LogP contribution in [0.5, 0.6) is 11.5 Å². The molecule has 0 spiro atoms. The molecule has 1 fully saturated rings. The SMILES string of the molecule is COc1c(C)ccc(CN2CCN(C(c3ccc(F)cc3)c3ccc(F)cc3)CC2)c1OC.O. The number of piperazine rings is 1. The normalized spacial score (nSPS) is 14.6. The van der Waals surface area contributed by atoms with E-state index in [0.29, 0.717) is 0 Å². The molecule has 1 saturated heterocycles. The lowest BCUT2D eigenvalue weighted by molar-refractivity contribution is 0.104. The minimum Gasteiger partial charge on any atom is -0.493 e. The first kappa shape index (κ1) is 25.6. The number of methoxy groups -OCH3 is 2. The third-order valence-electron chi connectivity index (χ3n) is 6.34. The predicted molar refractivity (Wildman–Crippen MR) is 129 cm³/mol. The van der Waals surface area contributed by atoms with E-state index in [1.54, 1.807) is 14.2 Å². The molecule has 0 aromatic heterocycles. The smallest absolute Gasteiger partial charge is 0.165 e. The van der Waals surface area contributed by atoms with Crippen LogP contribution in [0.2, 0.25) is 0 Å².